The summed E-state index contributed by atoms with van der Waals surface area (Å²) in [5.41, 5.74) is 0.781. The van der Waals surface area contributed by atoms with E-state index in [2.05, 4.69) is 4.98 Å². The lowest BCUT2D eigenvalue weighted by Crippen LogP contribution is -2.24. The number of hydrogen-bond acceptors (Lipinski definition) is 6. The summed E-state index contributed by atoms with van der Waals surface area (Å²) in [5.74, 6) is 0. The van der Waals surface area contributed by atoms with Gasteiger partial charge < -0.3 is 14.9 Å². The highest BCUT2D eigenvalue weighted by molar-refractivity contribution is 5.84. The van der Waals surface area contributed by atoms with E-state index in [1.807, 2.05) is 0 Å². The van der Waals surface area contributed by atoms with Gasteiger partial charge in [-0.15, -0.1) is 0 Å². The zero-order chi connectivity index (χ0) is 14.3. The summed E-state index contributed by atoms with van der Waals surface area (Å²) in [7, 11) is 0. The van der Waals surface area contributed by atoms with E-state index < -0.39 is 23.4 Å². The molecule has 8 nitrogen and oxygen atoms in total. The minimum absolute atomic E-state index is 0.0643. The molecule has 1 aromatic carbocycles. The van der Waals surface area contributed by atoms with Crippen LogP contribution in [0.5, 0.6) is 0 Å². The first-order valence-corrected chi connectivity index (χ1v) is 6.16. The van der Waals surface area contributed by atoms with E-state index in [9.17, 15) is 15.2 Å². The molecule has 0 unspecified atom stereocenters. The van der Waals surface area contributed by atoms with E-state index in [0.717, 1.165) is 0 Å². The molecule has 20 heavy (non-hydrogen) atoms. The molecule has 3 rings (SSSR count). The Morgan fingerprint density at radius 3 is 3.00 bits per heavy atom. The van der Waals surface area contributed by atoms with Crippen LogP contribution in [0.25, 0.3) is 11.0 Å². The number of para-hydroxylation sites is 1. The molecule has 0 aliphatic carbocycles. The number of nitro benzene ring substituents is 1. The number of non-ortho nitro benzene ring substituents is 1. The van der Waals surface area contributed by atoms with Gasteiger partial charge in [0.05, 0.1) is 29.5 Å². The number of fused-ring (bicyclic) bond motifs is 1. The van der Waals surface area contributed by atoms with Gasteiger partial charge in [0, 0.05) is 12.5 Å². The SMILES string of the molecule is O=[N+]([O-])c1cccc2ncn([C@H]3C[C@H](O)[C@@H](CO)O3)c12. The van der Waals surface area contributed by atoms with E-state index in [0.29, 0.717) is 11.0 Å². The van der Waals surface area contributed by atoms with Crippen molar-refractivity contribution in [2.45, 2.75) is 24.9 Å². The first kappa shape index (κ1) is 13.0. The van der Waals surface area contributed by atoms with E-state index in [-0.39, 0.29) is 18.7 Å². The maximum absolute atomic E-state index is 11.1. The summed E-state index contributed by atoms with van der Waals surface area (Å²) in [6.07, 6.45) is -0.351. The fourth-order valence-corrected chi connectivity index (χ4v) is 2.49. The molecule has 3 atom stereocenters. The highest BCUT2D eigenvalue weighted by Crippen LogP contribution is 2.34. The minimum atomic E-state index is -0.801. The Labute approximate surface area is 113 Å². The normalized spacial score (nSPS) is 26.2. The lowest BCUT2D eigenvalue weighted by Gasteiger charge is -2.14. The van der Waals surface area contributed by atoms with Crippen LogP contribution in [0.1, 0.15) is 12.6 Å². The molecule has 2 N–H and O–H groups in total. The summed E-state index contributed by atoms with van der Waals surface area (Å²) in [5, 5.41) is 29.9. The number of aromatic nitrogens is 2. The van der Waals surface area contributed by atoms with Gasteiger partial charge in [-0.2, -0.15) is 0 Å². The van der Waals surface area contributed by atoms with Gasteiger partial charge in [0.2, 0.25) is 0 Å². The van der Waals surface area contributed by atoms with Gasteiger partial charge in [-0.25, -0.2) is 4.98 Å². The fourth-order valence-electron chi connectivity index (χ4n) is 2.49. The molecule has 1 aliphatic rings. The standard InChI is InChI=1S/C12H13N3O5/c16-5-10-9(17)4-11(20-10)14-6-13-7-2-1-3-8(12(7)14)15(18)19/h1-3,6,9-11,16-17H,4-5H2/t9-,10+,11+/m0/s1. The van der Waals surface area contributed by atoms with Crippen LogP contribution in [-0.4, -0.2) is 43.5 Å². The molecule has 8 heteroatoms. The molecule has 0 amide bonds. The number of imidazole rings is 1. The van der Waals surface area contributed by atoms with Crippen LogP contribution in [0.2, 0.25) is 0 Å². The first-order chi connectivity index (χ1) is 9.61. The zero-order valence-corrected chi connectivity index (χ0v) is 10.4. The van der Waals surface area contributed by atoms with Crippen LogP contribution in [0.3, 0.4) is 0 Å². The number of nitro groups is 1. The summed E-state index contributed by atoms with van der Waals surface area (Å²) in [6.45, 7) is -0.299. The van der Waals surface area contributed by atoms with E-state index >= 15 is 0 Å². The lowest BCUT2D eigenvalue weighted by molar-refractivity contribution is -0.383. The Morgan fingerprint density at radius 2 is 2.35 bits per heavy atom. The largest absolute Gasteiger partial charge is 0.394 e. The molecule has 2 heterocycles. The van der Waals surface area contributed by atoms with Gasteiger partial charge in [-0.1, -0.05) is 6.07 Å². The first-order valence-electron chi connectivity index (χ1n) is 6.16. The predicted molar refractivity (Wildman–Crippen MR) is 68.0 cm³/mol. The molecule has 2 aromatic rings. The summed E-state index contributed by atoms with van der Waals surface area (Å²) < 4.78 is 7.04. The minimum Gasteiger partial charge on any atom is -0.394 e. The maximum atomic E-state index is 11.1. The maximum Gasteiger partial charge on any atom is 0.295 e. The number of nitrogens with zero attached hydrogens (tertiary/aromatic N) is 3. The molecular weight excluding hydrogens is 266 g/mol. The van der Waals surface area contributed by atoms with E-state index in [1.165, 1.54) is 17.0 Å². The third-order valence-corrected chi connectivity index (χ3v) is 3.46. The molecule has 0 spiro atoms. The monoisotopic (exact) mass is 279 g/mol. The lowest BCUT2D eigenvalue weighted by atomic mass is 10.2. The van der Waals surface area contributed by atoms with Gasteiger partial charge in [0.25, 0.3) is 5.69 Å². The molecule has 106 valence electrons. The topological polar surface area (TPSA) is 111 Å². The quantitative estimate of drug-likeness (QED) is 0.628. The van der Waals surface area contributed by atoms with Crippen molar-refractivity contribution in [1.29, 1.82) is 0 Å². The zero-order valence-electron chi connectivity index (χ0n) is 10.4. The second kappa shape index (κ2) is 4.82. The Morgan fingerprint density at radius 1 is 1.55 bits per heavy atom. The van der Waals surface area contributed by atoms with Crippen LogP contribution in [0.15, 0.2) is 24.5 Å². The van der Waals surface area contributed by atoms with Crippen molar-refractivity contribution in [3.8, 4) is 0 Å². The number of rotatable bonds is 3. The number of aliphatic hydroxyl groups is 2. The van der Waals surface area contributed by atoms with Crippen molar-refractivity contribution >= 4 is 16.7 Å². The van der Waals surface area contributed by atoms with E-state index in [1.54, 1.807) is 12.1 Å². The van der Waals surface area contributed by atoms with Crippen molar-refractivity contribution in [2.75, 3.05) is 6.61 Å². The smallest absolute Gasteiger partial charge is 0.295 e. The molecule has 1 fully saturated rings. The average Bonchev–Trinajstić information content (AvgIpc) is 3.01. The molecule has 1 saturated heterocycles. The third kappa shape index (κ3) is 1.94. The molecule has 1 aromatic heterocycles. The Kier molecular flexibility index (Phi) is 3.13. The predicted octanol–water partition coefficient (Wildman–Crippen LogP) is 0.585. The van der Waals surface area contributed by atoms with Crippen molar-refractivity contribution < 1.29 is 19.9 Å². The Hall–Kier alpha value is -2.03. The average molecular weight is 279 g/mol. The van der Waals surface area contributed by atoms with E-state index in [4.69, 9.17) is 9.84 Å². The van der Waals surface area contributed by atoms with Crippen molar-refractivity contribution in [3.05, 3.63) is 34.6 Å². The van der Waals surface area contributed by atoms with Gasteiger partial charge >= 0.3 is 0 Å². The van der Waals surface area contributed by atoms with Crippen LogP contribution >= 0.6 is 0 Å². The van der Waals surface area contributed by atoms with Crippen molar-refractivity contribution in [1.82, 2.24) is 9.55 Å². The second-order valence-electron chi connectivity index (χ2n) is 4.67. The number of benzene rings is 1. The number of aliphatic hydroxyl groups excluding tert-OH is 2. The van der Waals surface area contributed by atoms with Crippen LogP contribution in [-0.2, 0) is 4.74 Å². The molecule has 0 saturated carbocycles. The van der Waals surface area contributed by atoms with Crippen LogP contribution in [0.4, 0.5) is 5.69 Å². The van der Waals surface area contributed by atoms with Crippen LogP contribution < -0.4 is 0 Å². The van der Waals surface area contributed by atoms with Crippen LogP contribution in [0, 0.1) is 10.1 Å². The molecule has 0 bridgehead atoms. The van der Waals surface area contributed by atoms with Gasteiger partial charge in [0.1, 0.15) is 17.8 Å². The number of hydrogen-bond donors (Lipinski definition) is 2. The Balaban J connectivity index is 2.07. The Bertz CT molecular complexity index is 656. The van der Waals surface area contributed by atoms with Gasteiger partial charge in [0.15, 0.2) is 0 Å². The second-order valence-corrected chi connectivity index (χ2v) is 4.67. The van der Waals surface area contributed by atoms with Gasteiger partial charge in [-0.05, 0) is 6.07 Å². The highest BCUT2D eigenvalue weighted by atomic mass is 16.6. The summed E-state index contributed by atoms with van der Waals surface area (Å²) in [6, 6.07) is 4.64. The van der Waals surface area contributed by atoms with Crippen molar-refractivity contribution in [2.24, 2.45) is 0 Å². The van der Waals surface area contributed by atoms with Crippen molar-refractivity contribution in [3.63, 3.8) is 0 Å². The summed E-state index contributed by atoms with van der Waals surface area (Å²) >= 11 is 0. The summed E-state index contributed by atoms with van der Waals surface area (Å²) in [4.78, 5) is 14.7. The van der Waals surface area contributed by atoms with Gasteiger partial charge in [-0.3, -0.25) is 14.7 Å². The molecular formula is C12H13N3O5. The highest BCUT2D eigenvalue weighted by Gasteiger charge is 2.35. The number of ether oxygens (including phenoxy) is 1. The third-order valence-electron chi connectivity index (χ3n) is 3.46. The fraction of sp³-hybridized carbons (Fsp3) is 0.417. The molecule has 0 radical (unpaired) electrons. The molecule has 1 aliphatic heterocycles.